The number of hydrogen-bond donors (Lipinski definition) is 1. The summed E-state index contributed by atoms with van der Waals surface area (Å²) in [5.74, 6) is 0.489. The first-order valence-corrected chi connectivity index (χ1v) is 7.52. The van der Waals surface area contributed by atoms with Gasteiger partial charge < -0.3 is 10.2 Å². The molecular formula is C15H20ClFN2. The van der Waals surface area contributed by atoms with Crippen LogP contribution in [0.25, 0.3) is 0 Å². The Morgan fingerprint density at radius 1 is 1.42 bits per heavy atom. The molecule has 4 heteroatoms. The molecule has 0 aromatic heterocycles. The highest BCUT2D eigenvalue weighted by Gasteiger charge is 2.36. The first-order chi connectivity index (χ1) is 9.19. The maximum atomic E-state index is 13.3. The van der Waals surface area contributed by atoms with Gasteiger partial charge in [0.25, 0.3) is 0 Å². The molecule has 1 aliphatic carbocycles. The fourth-order valence-corrected chi connectivity index (χ4v) is 3.16. The fourth-order valence-electron chi connectivity index (χ4n) is 2.98. The van der Waals surface area contributed by atoms with Gasteiger partial charge in [0.15, 0.2) is 0 Å². The summed E-state index contributed by atoms with van der Waals surface area (Å²) in [6, 6.07) is 6.12. The third kappa shape index (κ3) is 2.72. The van der Waals surface area contributed by atoms with E-state index in [0.29, 0.717) is 12.1 Å². The third-order valence-electron chi connectivity index (χ3n) is 4.35. The van der Waals surface area contributed by atoms with Crippen LogP contribution in [-0.2, 0) is 0 Å². The number of halogens is 2. The van der Waals surface area contributed by atoms with Crippen LogP contribution in [0.15, 0.2) is 18.2 Å². The van der Waals surface area contributed by atoms with E-state index in [-0.39, 0.29) is 10.8 Å². The van der Waals surface area contributed by atoms with Gasteiger partial charge in [-0.2, -0.15) is 0 Å². The molecule has 2 nitrogen and oxygen atoms in total. The number of nitrogens with zero attached hydrogens (tertiary/aromatic N) is 1. The Labute approximate surface area is 118 Å². The van der Waals surface area contributed by atoms with Crippen LogP contribution < -0.4 is 10.2 Å². The van der Waals surface area contributed by atoms with Crippen molar-refractivity contribution in [3.05, 3.63) is 29.0 Å². The molecule has 0 radical (unpaired) electrons. The number of nitrogens with one attached hydrogen (secondary N) is 1. The normalized spacial score (nSPS) is 27.6. The molecule has 1 saturated heterocycles. The van der Waals surface area contributed by atoms with Crippen LogP contribution in [0.1, 0.15) is 26.2 Å². The van der Waals surface area contributed by atoms with Crippen molar-refractivity contribution in [2.75, 3.05) is 18.0 Å². The van der Waals surface area contributed by atoms with Gasteiger partial charge in [0, 0.05) is 30.9 Å². The van der Waals surface area contributed by atoms with Crippen molar-refractivity contribution in [2.45, 2.75) is 38.3 Å². The highest BCUT2D eigenvalue weighted by Crippen LogP contribution is 2.36. The summed E-state index contributed by atoms with van der Waals surface area (Å²) < 4.78 is 13.3. The minimum Gasteiger partial charge on any atom is -0.366 e. The van der Waals surface area contributed by atoms with Gasteiger partial charge in [0.1, 0.15) is 5.82 Å². The lowest BCUT2D eigenvalue weighted by Crippen LogP contribution is -2.57. The van der Waals surface area contributed by atoms with Gasteiger partial charge in [-0.3, -0.25) is 0 Å². The predicted octanol–water partition coefficient (Wildman–Crippen LogP) is 3.45. The number of hydrogen-bond acceptors (Lipinski definition) is 2. The lowest BCUT2D eigenvalue weighted by molar-refractivity contribution is 0.360. The highest BCUT2D eigenvalue weighted by molar-refractivity contribution is 6.31. The Kier molecular flexibility index (Phi) is 3.68. The van der Waals surface area contributed by atoms with E-state index in [1.165, 1.54) is 18.9 Å². The Balaban J connectivity index is 1.82. The zero-order chi connectivity index (χ0) is 13.4. The quantitative estimate of drug-likeness (QED) is 0.913. The SMILES string of the molecule is CCC1CNC(C2CC2)CN1c1ccc(F)c(Cl)c1. The first-order valence-electron chi connectivity index (χ1n) is 7.14. The minimum atomic E-state index is -0.340. The van der Waals surface area contributed by atoms with E-state index in [1.807, 2.05) is 6.07 Å². The summed E-state index contributed by atoms with van der Waals surface area (Å²) in [4.78, 5) is 2.39. The van der Waals surface area contributed by atoms with Crippen LogP contribution in [0.5, 0.6) is 0 Å². The van der Waals surface area contributed by atoms with Gasteiger partial charge in [-0.25, -0.2) is 4.39 Å². The van der Waals surface area contributed by atoms with Crippen molar-refractivity contribution in [1.29, 1.82) is 0 Å². The van der Waals surface area contributed by atoms with Crippen LogP contribution in [0.2, 0.25) is 5.02 Å². The average molecular weight is 283 g/mol. The van der Waals surface area contributed by atoms with Gasteiger partial charge in [0.05, 0.1) is 5.02 Å². The Morgan fingerprint density at radius 2 is 2.21 bits per heavy atom. The van der Waals surface area contributed by atoms with Crippen LogP contribution in [-0.4, -0.2) is 25.2 Å². The van der Waals surface area contributed by atoms with Gasteiger partial charge in [-0.15, -0.1) is 0 Å². The monoisotopic (exact) mass is 282 g/mol. The zero-order valence-electron chi connectivity index (χ0n) is 11.2. The molecule has 0 bridgehead atoms. The molecule has 1 aromatic rings. The number of piperazine rings is 1. The second kappa shape index (κ2) is 5.29. The van der Waals surface area contributed by atoms with Crippen LogP contribution >= 0.6 is 11.6 Å². The summed E-state index contributed by atoms with van der Waals surface area (Å²) in [5.41, 5.74) is 1.05. The smallest absolute Gasteiger partial charge is 0.141 e. The van der Waals surface area contributed by atoms with E-state index in [1.54, 1.807) is 6.07 Å². The van der Waals surface area contributed by atoms with Gasteiger partial charge >= 0.3 is 0 Å². The van der Waals surface area contributed by atoms with Gasteiger partial charge in [-0.05, 0) is 43.4 Å². The molecule has 1 saturated carbocycles. The second-order valence-corrected chi connectivity index (χ2v) is 6.07. The van der Waals surface area contributed by atoms with Crippen molar-refractivity contribution < 1.29 is 4.39 Å². The van der Waals surface area contributed by atoms with E-state index < -0.39 is 0 Å². The Hall–Kier alpha value is -0.800. The molecular weight excluding hydrogens is 263 g/mol. The molecule has 1 aromatic carbocycles. The van der Waals surface area contributed by atoms with Crippen LogP contribution in [0, 0.1) is 11.7 Å². The van der Waals surface area contributed by atoms with E-state index in [4.69, 9.17) is 11.6 Å². The van der Waals surface area contributed by atoms with Gasteiger partial charge in [0.2, 0.25) is 0 Å². The topological polar surface area (TPSA) is 15.3 Å². The molecule has 2 fully saturated rings. The molecule has 104 valence electrons. The molecule has 1 heterocycles. The minimum absolute atomic E-state index is 0.217. The summed E-state index contributed by atoms with van der Waals surface area (Å²) in [7, 11) is 0. The third-order valence-corrected chi connectivity index (χ3v) is 4.64. The molecule has 0 amide bonds. The largest absolute Gasteiger partial charge is 0.366 e. The average Bonchev–Trinajstić information content (AvgIpc) is 3.26. The van der Waals surface area contributed by atoms with Crippen molar-refractivity contribution in [3.63, 3.8) is 0 Å². The van der Waals surface area contributed by atoms with Crippen molar-refractivity contribution >= 4 is 17.3 Å². The Morgan fingerprint density at radius 3 is 2.84 bits per heavy atom. The van der Waals surface area contributed by atoms with Crippen LogP contribution in [0.4, 0.5) is 10.1 Å². The second-order valence-electron chi connectivity index (χ2n) is 5.67. The maximum absolute atomic E-state index is 13.3. The Bertz CT molecular complexity index is 461. The standard InChI is InChI=1S/C15H20ClFN2/c1-2-11-8-18-15(10-3-4-10)9-19(11)12-5-6-14(17)13(16)7-12/h5-7,10-11,15,18H,2-4,8-9H2,1H3. The summed E-state index contributed by atoms with van der Waals surface area (Å²) in [6.07, 6.45) is 3.76. The lowest BCUT2D eigenvalue weighted by Gasteiger charge is -2.42. The van der Waals surface area contributed by atoms with E-state index in [2.05, 4.69) is 17.1 Å². The van der Waals surface area contributed by atoms with Crippen molar-refractivity contribution in [2.24, 2.45) is 5.92 Å². The molecule has 19 heavy (non-hydrogen) atoms. The number of benzene rings is 1. The highest BCUT2D eigenvalue weighted by atomic mass is 35.5. The number of anilines is 1. The molecule has 2 aliphatic rings. The maximum Gasteiger partial charge on any atom is 0.141 e. The van der Waals surface area contributed by atoms with Crippen molar-refractivity contribution in [3.8, 4) is 0 Å². The fraction of sp³-hybridized carbons (Fsp3) is 0.600. The molecule has 3 rings (SSSR count). The lowest BCUT2D eigenvalue weighted by atomic mass is 10.0. The summed E-state index contributed by atoms with van der Waals surface area (Å²) >= 11 is 5.92. The van der Waals surface area contributed by atoms with Crippen LogP contribution in [0.3, 0.4) is 0 Å². The first kappa shape index (κ1) is 13.2. The molecule has 0 spiro atoms. The van der Waals surface area contributed by atoms with E-state index in [9.17, 15) is 4.39 Å². The van der Waals surface area contributed by atoms with Crippen molar-refractivity contribution in [1.82, 2.24) is 5.32 Å². The van der Waals surface area contributed by atoms with E-state index in [0.717, 1.165) is 31.1 Å². The zero-order valence-corrected chi connectivity index (χ0v) is 12.0. The molecule has 1 aliphatic heterocycles. The summed E-state index contributed by atoms with van der Waals surface area (Å²) in [5, 5.41) is 3.88. The molecule has 2 atom stereocenters. The summed E-state index contributed by atoms with van der Waals surface area (Å²) in [6.45, 7) is 4.21. The predicted molar refractivity (Wildman–Crippen MR) is 77.3 cm³/mol. The molecule has 1 N–H and O–H groups in total. The van der Waals surface area contributed by atoms with Gasteiger partial charge in [-0.1, -0.05) is 18.5 Å². The van der Waals surface area contributed by atoms with E-state index >= 15 is 0 Å². The molecule has 2 unspecified atom stereocenters. The number of rotatable bonds is 3.